The minimum Gasteiger partial charge on any atom is -0.497 e. The number of likely N-dealkylation sites (tertiary alicyclic amines) is 1. The molecule has 3 aromatic rings. The number of ether oxygens (including phenoxy) is 2. The van der Waals surface area contributed by atoms with Crippen molar-refractivity contribution in [3.8, 4) is 11.5 Å². The van der Waals surface area contributed by atoms with Crippen LogP contribution in [-0.4, -0.2) is 58.7 Å². The Labute approximate surface area is 225 Å². The van der Waals surface area contributed by atoms with E-state index in [2.05, 4.69) is 30.8 Å². The van der Waals surface area contributed by atoms with Crippen LogP contribution in [0.15, 0.2) is 65.3 Å². The molecule has 1 saturated heterocycles. The van der Waals surface area contributed by atoms with Gasteiger partial charge in [0.05, 0.1) is 12.8 Å². The highest BCUT2D eigenvalue weighted by atomic mass is 19.1. The minimum absolute atomic E-state index is 0.145. The van der Waals surface area contributed by atoms with Crippen LogP contribution in [0.3, 0.4) is 0 Å². The summed E-state index contributed by atoms with van der Waals surface area (Å²) in [4.78, 5) is 6.61. The average Bonchev–Trinajstić information content (AvgIpc) is 3.55. The van der Waals surface area contributed by atoms with Crippen LogP contribution in [0.2, 0.25) is 0 Å². The molecule has 2 aromatic carbocycles. The van der Waals surface area contributed by atoms with Crippen molar-refractivity contribution < 1.29 is 13.9 Å². The smallest absolute Gasteiger partial charge is 0.248 e. The van der Waals surface area contributed by atoms with Gasteiger partial charge in [-0.25, -0.2) is 4.39 Å². The first kappa shape index (κ1) is 24.7. The zero-order valence-corrected chi connectivity index (χ0v) is 21.5. The van der Waals surface area contributed by atoms with Crippen molar-refractivity contribution in [2.75, 3.05) is 44.4 Å². The summed E-state index contributed by atoms with van der Waals surface area (Å²) < 4.78 is 27.1. The molecule has 0 atom stereocenters. The third-order valence-corrected chi connectivity index (χ3v) is 6.83. The fourth-order valence-electron chi connectivity index (χ4n) is 4.82. The van der Waals surface area contributed by atoms with E-state index in [4.69, 9.17) is 15.2 Å². The molecule has 1 aliphatic carbocycles. The summed E-state index contributed by atoms with van der Waals surface area (Å²) in [5, 5.41) is 12.0. The molecule has 0 bridgehead atoms. The number of nitrogens with one attached hydrogen (secondary N) is 2. The second kappa shape index (κ2) is 10.6. The molecule has 0 saturated carbocycles. The normalized spacial score (nSPS) is 16.3. The first-order chi connectivity index (χ1) is 19.1. The molecule has 6 rings (SSSR count). The number of halogens is 1. The number of rotatable bonds is 8. The third-order valence-electron chi connectivity index (χ3n) is 6.83. The van der Waals surface area contributed by atoms with Crippen LogP contribution in [0.4, 0.5) is 22.0 Å². The van der Waals surface area contributed by atoms with Crippen molar-refractivity contribution in [3.05, 3.63) is 77.1 Å². The number of methoxy groups -OCH3 is 1. The zero-order valence-electron chi connectivity index (χ0n) is 21.5. The van der Waals surface area contributed by atoms with Crippen LogP contribution in [0.1, 0.15) is 24.0 Å². The molecular formula is C28H29FN8O2. The van der Waals surface area contributed by atoms with Crippen LogP contribution in [0.5, 0.6) is 11.5 Å². The maximum absolute atomic E-state index is 14.7. The highest BCUT2D eigenvalue weighted by Crippen LogP contribution is 2.28. The summed E-state index contributed by atoms with van der Waals surface area (Å²) in [7, 11) is 1.64. The van der Waals surface area contributed by atoms with Gasteiger partial charge in [0.2, 0.25) is 11.9 Å². The second-order valence-corrected chi connectivity index (χ2v) is 9.41. The summed E-state index contributed by atoms with van der Waals surface area (Å²) in [5.74, 6) is 1.43. The van der Waals surface area contributed by atoms with Gasteiger partial charge >= 0.3 is 0 Å². The van der Waals surface area contributed by atoms with E-state index < -0.39 is 5.82 Å². The maximum Gasteiger partial charge on any atom is 0.248 e. The lowest BCUT2D eigenvalue weighted by molar-refractivity contribution is 0.231. The van der Waals surface area contributed by atoms with Crippen LogP contribution < -0.4 is 25.9 Å². The molecule has 200 valence electrons. The maximum atomic E-state index is 14.7. The topological polar surface area (TPSA) is 115 Å². The van der Waals surface area contributed by atoms with Crippen LogP contribution in [0, 0.1) is 5.82 Å². The summed E-state index contributed by atoms with van der Waals surface area (Å²) >= 11 is 0. The number of benzene rings is 2. The Hall–Kier alpha value is -4.64. The average molecular weight is 529 g/mol. The number of nitrogen functional groups attached to an aromatic ring is 1. The molecule has 1 fully saturated rings. The molecule has 11 heteroatoms. The predicted octanol–water partition coefficient (Wildman–Crippen LogP) is 3.99. The number of hydrogen-bond donors (Lipinski definition) is 3. The van der Waals surface area contributed by atoms with Gasteiger partial charge in [0, 0.05) is 29.4 Å². The monoisotopic (exact) mass is 528 g/mol. The first-order valence-electron chi connectivity index (χ1n) is 12.8. The van der Waals surface area contributed by atoms with E-state index in [1.165, 1.54) is 23.6 Å². The number of hydrazone groups is 1. The summed E-state index contributed by atoms with van der Waals surface area (Å²) in [6.07, 6.45) is 10.3. The Morgan fingerprint density at radius 1 is 1.15 bits per heavy atom. The zero-order chi connectivity index (χ0) is 26.8. The standard InChI is InChI=1S/C28H29FN8O2/c1-38-21-8-9-22-18(15-21)5-4-6-19-16-25(33-34-26(19)22)37-27(30)32-28(35-37)31-20-7-10-24(23(29)17-20)39-14-13-36-11-2-3-12-36/h4-10,15-17,33H,2-3,11-14H2,1H3,(H3,30,31,32,35). The lowest BCUT2D eigenvalue weighted by Gasteiger charge is -2.18. The molecule has 0 radical (unpaired) electrons. The third kappa shape index (κ3) is 5.21. The highest BCUT2D eigenvalue weighted by Gasteiger charge is 2.21. The van der Waals surface area contributed by atoms with E-state index in [0.29, 0.717) is 18.1 Å². The van der Waals surface area contributed by atoms with E-state index in [1.54, 1.807) is 19.2 Å². The highest BCUT2D eigenvalue weighted by molar-refractivity contribution is 6.18. The van der Waals surface area contributed by atoms with Gasteiger partial charge in [-0.1, -0.05) is 18.2 Å². The fourth-order valence-corrected chi connectivity index (χ4v) is 4.82. The number of fused-ring (bicyclic) bond motifs is 3. The van der Waals surface area contributed by atoms with Crippen LogP contribution in [0.25, 0.3) is 11.9 Å². The molecule has 0 amide bonds. The second-order valence-electron chi connectivity index (χ2n) is 9.41. The van der Waals surface area contributed by atoms with Crippen LogP contribution >= 0.6 is 0 Å². The number of hydrogen-bond acceptors (Lipinski definition) is 9. The Morgan fingerprint density at radius 2 is 2.03 bits per heavy atom. The van der Waals surface area contributed by atoms with Gasteiger partial charge in [-0.05, 0) is 67.9 Å². The molecule has 39 heavy (non-hydrogen) atoms. The SMILES string of the molecule is COc1ccc2c(c1)C=CC=C1C=C(n3nc(Nc4ccc(OCCN5CCCC5)c(F)c4)nc3N)NN=C12. The Morgan fingerprint density at radius 3 is 2.85 bits per heavy atom. The van der Waals surface area contributed by atoms with Gasteiger partial charge in [-0.2, -0.15) is 14.8 Å². The van der Waals surface area contributed by atoms with Crippen molar-refractivity contribution in [1.82, 2.24) is 25.1 Å². The lowest BCUT2D eigenvalue weighted by Crippen LogP contribution is -2.25. The summed E-state index contributed by atoms with van der Waals surface area (Å²) in [5.41, 5.74) is 13.3. The molecule has 3 aliphatic rings. The largest absolute Gasteiger partial charge is 0.497 e. The van der Waals surface area contributed by atoms with Gasteiger partial charge in [-0.15, -0.1) is 5.10 Å². The van der Waals surface area contributed by atoms with Crippen molar-refractivity contribution >= 4 is 35.2 Å². The van der Waals surface area contributed by atoms with Crippen molar-refractivity contribution in [1.29, 1.82) is 0 Å². The van der Waals surface area contributed by atoms with Crippen LogP contribution in [-0.2, 0) is 0 Å². The van der Waals surface area contributed by atoms with Gasteiger partial charge in [0.1, 0.15) is 12.4 Å². The van der Waals surface area contributed by atoms with E-state index in [1.807, 2.05) is 42.5 Å². The molecule has 10 nitrogen and oxygen atoms in total. The van der Waals surface area contributed by atoms with E-state index in [9.17, 15) is 4.39 Å². The summed E-state index contributed by atoms with van der Waals surface area (Å²) in [6.45, 7) is 3.40. The Bertz CT molecular complexity index is 1520. The van der Waals surface area contributed by atoms with Gasteiger partial charge in [-0.3, -0.25) is 10.3 Å². The molecular weight excluding hydrogens is 499 g/mol. The molecule has 4 N–H and O–H groups in total. The van der Waals surface area contributed by atoms with Crippen molar-refractivity contribution in [2.24, 2.45) is 5.10 Å². The lowest BCUT2D eigenvalue weighted by atomic mass is 9.98. The number of nitrogens with two attached hydrogens (primary N) is 1. The predicted molar refractivity (Wildman–Crippen MR) is 149 cm³/mol. The first-order valence-corrected chi connectivity index (χ1v) is 12.8. The van der Waals surface area contributed by atoms with E-state index >= 15 is 0 Å². The molecule has 0 unspecified atom stereocenters. The molecule has 3 heterocycles. The van der Waals surface area contributed by atoms with Gasteiger partial charge in [0.25, 0.3) is 0 Å². The van der Waals surface area contributed by atoms with Gasteiger partial charge < -0.3 is 20.5 Å². The van der Waals surface area contributed by atoms with Crippen molar-refractivity contribution in [2.45, 2.75) is 12.8 Å². The van der Waals surface area contributed by atoms with Gasteiger partial charge in [0.15, 0.2) is 17.4 Å². The molecule has 0 spiro atoms. The Kier molecular flexibility index (Phi) is 6.72. The van der Waals surface area contributed by atoms with E-state index in [0.717, 1.165) is 47.8 Å². The number of aromatic nitrogens is 3. The number of nitrogens with zero attached hydrogens (tertiary/aromatic N) is 5. The number of allylic oxidation sites excluding steroid dienone is 4. The van der Waals surface area contributed by atoms with Crippen molar-refractivity contribution in [3.63, 3.8) is 0 Å². The van der Waals surface area contributed by atoms with E-state index in [-0.39, 0.29) is 17.6 Å². The fraction of sp³-hybridized carbons (Fsp3) is 0.250. The minimum atomic E-state index is -0.460. The number of anilines is 3. The molecule has 2 aliphatic heterocycles. The molecule has 1 aromatic heterocycles. The summed E-state index contributed by atoms with van der Waals surface area (Å²) in [6, 6.07) is 10.5. The quantitative estimate of drug-likeness (QED) is 0.402. The Balaban J connectivity index is 1.14.